The number of rotatable bonds is 4. The molecule has 0 spiro atoms. The average molecular weight is 424 g/mol. The molecule has 4 heteroatoms. The summed E-state index contributed by atoms with van der Waals surface area (Å²) >= 11 is 0. The number of hydrogen-bond acceptors (Lipinski definition) is 4. The summed E-state index contributed by atoms with van der Waals surface area (Å²) in [5.74, 6) is 0. The van der Waals surface area contributed by atoms with Gasteiger partial charge in [0, 0.05) is 0 Å². The Bertz CT molecular complexity index is 1200. The van der Waals surface area contributed by atoms with Crippen molar-refractivity contribution >= 4 is 45.8 Å². The molecule has 0 aromatic heterocycles. The van der Waals surface area contributed by atoms with E-state index in [0.717, 1.165) is 66.1 Å². The lowest BCUT2D eigenvalue weighted by Crippen LogP contribution is -1.96. The van der Waals surface area contributed by atoms with Crippen molar-refractivity contribution in [2.75, 3.05) is 0 Å². The second kappa shape index (κ2) is 8.34. The number of aliphatic hydroxyl groups excluding tert-OH is 4. The highest BCUT2D eigenvalue weighted by Crippen LogP contribution is 2.31. The van der Waals surface area contributed by atoms with Crippen LogP contribution in [0.15, 0.2) is 48.5 Å². The third-order valence-electron chi connectivity index (χ3n) is 6.29. The topological polar surface area (TPSA) is 80.9 Å². The standard InChI is InChI=1S/C28H24O4/c29-13-25-9-21-5-17-1-2-18-6-22-10-26(14-30)28(16-32)12-24(22)8-20(18)4-3-19(17)7-23(21)11-27(25)15-31/h1-12,29-32H,13-16H2/b2-1-,4-3-,17-1?,18-2?,19-3?,20-4?. The summed E-state index contributed by atoms with van der Waals surface area (Å²) in [7, 11) is 0. The minimum Gasteiger partial charge on any atom is -0.392 e. The zero-order chi connectivity index (χ0) is 22.2. The average Bonchev–Trinajstić information content (AvgIpc) is 2.82. The van der Waals surface area contributed by atoms with Crippen LogP contribution in [0.25, 0.3) is 45.8 Å². The van der Waals surface area contributed by atoms with E-state index in [1.807, 2.05) is 24.3 Å². The molecule has 160 valence electrons. The van der Waals surface area contributed by atoms with Gasteiger partial charge in [-0.1, -0.05) is 24.3 Å². The van der Waals surface area contributed by atoms with Crippen LogP contribution in [0.1, 0.15) is 44.5 Å². The zero-order valence-electron chi connectivity index (χ0n) is 17.5. The molecule has 0 unspecified atom stereocenters. The Labute approximate surface area is 186 Å². The summed E-state index contributed by atoms with van der Waals surface area (Å²) in [5, 5.41) is 42.6. The van der Waals surface area contributed by atoms with E-state index in [1.165, 1.54) is 0 Å². The minimum atomic E-state index is -0.104. The molecule has 4 N–H and O–H groups in total. The third kappa shape index (κ3) is 3.53. The third-order valence-corrected chi connectivity index (χ3v) is 6.29. The molecule has 4 aromatic rings. The smallest absolute Gasteiger partial charge is 0.0685 e. The van der Waals surface area contributed by atoms with Crippen molar-refractivity contribution < 1.29 is 20.4 Å². The molecule has 0 bridgehead atoms. The van der Waals surface area contributed by atoms with Gasteiger partial charge in [-0.25, -0.2) is 0 Å². The van der Waals surface area contributed by atoms with E-state index in [9.17, 15) is 20.4 Å². The van der Waals surface area contributed by atoms with Crippen molar-refractivity contribution in [1.82, 2.24) is 0 Å². The second-order valence-corrected chi connectivity index (χ2v) is 8.20. The quantitative estimate of drug-likeness (QED) is 0.339. The molecule has 0 heterocycles. The summed E-state index contributed by atoms with van der Waals surface area (Å²) in [5.41, 5.74) is 7.26. The fourth-order valence-electron chi connectivity index (χ4n) is 4.48. The van der Waals surface area contributed by atoms with Gasteiger partial charge in [0.1, 0.15) is 0 Å². The van der Waals surface area contributed by atoms with Crippen LogP contribution < -0.4 is 0 Å². The fourth-order valence-corrected chi connectivity index (χ4v) is 4.48. The van der Waals surface area contributed by atoms with Crippen molar-refractivity contribution in [3.05, 3.63) is 93.0 Å². The highest BCUT2D eigenvalue weighted by atomic mass is 16.3. The predicted molar refractivity (Wildman–Crippen MR) is 129 cm³/mol. The van der Waals surface area contributed by atoms with Gasteiger partial charge < -0.3 is 20.4 Å². The van der Waals surface area contributed by atoms with E-state index >= 15 is 0 Å². The summed E-state index contributed by atoms with van der Waals surface area (Å²) in [6.07, 6.45) is 8.38. The van der Waals surface area contributed by atoms with Gasteiger partial charge in [-0.15, -0.1) is 0 Å². The maximum Gasteiger partial charge on any atom is 0.0685 e. The van der Waals surface area contributed by atoms with Gasteiger partial charge in [-0.3, -0.25) is 0 Å². The Hall–Kier alpha value is -3.28. The normalized spacial score (nSPS) is 14.6. The van der Waals surface area contributed by atoms with Gasteiger partial charge in [-0.2, -0.15) is 0 Å². The molecule has 0 saturated carbocycles. The summed E-state index contributed by atoms with van der Waals surface area (Å²) in [6, 6.07) is 16.2. The molecule has 1 aliphatic rings. The Morgan fingerprint density at radius 1 is 0.344 bits per heavy atom. The lowest BCUT2D eigenvalue weighted by molar-refractivity contribution is 0.260. The Kier molecular flexibility index (Phi) is 5.37. The maximum absolute atomic E-state index is 9.63. The first-order chi connectivity index (χ1) is 15.6. The molecule has 1 aliphatic carbocycles. The first-order valence-corrected chi connectivity index (χ1v) is 10.6. The molecule has 4 nitrogen and oxygen atoms in total. The molecular formula is C28H24O4. The second-order valence-electron chi connectivity index (χ2n) is 8.20. The van der Waals surface area contributed by atoms with Crippen LogP contribution in [0.3, 0.4) is 0 Å². The first kappa shape index (κ1) is 20.6. The summed E-state index contributed by atoms with van der Waals surface area (Å²) in [6.45, 7) is -0.417. The molecule has 32 heavy (non-hydrogen) atoms. The van der Waals surface area contributed by atoms with E-state index in [1.54, 1.807) is 0 Å². The SMILES string of the molecule is OCc1cc2cc3c(cc2cc1CO)/C=C\c1cc2cc(CO)c(CO)cc2cc1/C=C\3. The van der Waals surface area contributed by atoms with Crippen molar-refractivity contribution in [3.63, 3.8) is 0 Å². The Morgan fingerprint density at radius 2 is 0.562 bits per heavy atom. The van der Waals surface area contributed by atoms with E-state index in [4.69, 9.17) is 0 Å². The van der Waals surface area contributed by atoms with Crippen molar-refractivity contribution in [2.45, 2.75) is 26.4 Å². The lowest BCUT2D eigenvalue weighted by Gasteiger charge is -2.14. The van der Waals surface area contributed by atoms with E-state index < -0.39 is 0 Å². The van der Waals surface area contributed by atoms with E-state index in [-0.39, 0.29) is 26.4 Å². The van der Waals surface area contributed by atoms with Gasteiger partial charge in [0.15, 0.2) is 0 Å². The Morgan fingerprint density at radius 3 is 0.750 bits per heavy atom. The number of aliphatic hydroxyl groups is 4. The number of fused-ring (bicyclic) bond motifs is 4. The molecule has 5 rings (SSSR count). The molecule has 0 atom stereocenters. The van der Waals surface area contributed by atoms with Crippen LogP contribution in [-0.4, -0.2) is 20.4 Å². The number of benzene rings is 4. The number of hydrogen-bond donors (Lipinski definition) is 4. The van der Waals surface area contributed by atoms with Gasteiger partial charge in [0.25, 0.3) is 0 Å². The largest absolute Gasteiger partial charge is 0.392 e. The van der Waals surface area contributed by atoms with E-state index in [2.05, 4.69) is 48.6 Å². The molecule has 0 amide bonds. The minimum absolute atomic E-state index is 0.104. The van der Waals surface area contributed by atoms with E-state index in [0.29, 0.717) is 0 Å². The van der Waals surface area contributed by atoms with Crippen LogP contribution in [0.4, 0.5) is 0 Å². The Balaban J connectivity index is 1.65. The van der Waals surface area contributed by atoms with Crippen LogP contribution >= 0.6 is 0 Å². The summed E-state index contributed by atoms with van der Waals surface area (Å²) in [4.78, 5) is 0. The maximum atomic E-state index is 9.63. The van der Waals surface area contributed by atoms with Gasteiger partial charge >= 0.3 is 0 Å². The molecular weight excluding hydrogens is 400 g/mol. The highest BCUT2D eigenvalue weighted by molar-refractivity contribution is 5.97. The van der Waals surface area contributed by atoms with Crippen LogP contribution in [-0.2, 0) is 26.4 Å². The molecule has 4 aromatic carbocycles. The highest BCUT2D eigenvalue weighted by Gasteiger charge is 2.11. The molecule has 0 saturated heterocycles. The predicted octanol–water partition coefficient (Wildman–Crippen LogP) is 4.62. The van der Waals surface area contributed by atoms with Crippen molar-refractivity contribution in [2.24, 2.45) is 0 Å². The van der Waals surface area contributed by atoms with Crippen LogP contribution in [0, 0.1) is 0 Å². The summed E-state index contributed by atoms with van der Waals surface area (Å²) < 4.78 is 0. The monoisotopic (exact) mass is 424 g/mol. The van der Waals surface area contributed by atoms with Gasteiger partial charge in [-0.05, 0) is 115 Å². The van der Waals surface area contributed by atoms with Crippen LogP contribution in [0.5, 0.6) is 0 Å². The van der Waals surface area contributed by atoms with Crippen molar-refractivity contribution in [1.29, 1.82) is 0 Å². The fraction of sp³-hybridized carbons (Fsp3) is 0.143. The molecule has 0 fully saturated rings. The van der Waals surface area contributed by atoms with Gasteiger partial charge in [0.2, 0.25) is 0 Å². The molecule has 0 radical (unpaired) electrons. The zero-order valence-corrected chi connectivity index (χ0v) is 17.5. The van der Waals surface area contributed by atoms with Gasteiger partial charge in [0.05, 0.1) is 26.4 Å². The molecule has 0 aliphatic heterocycles. The van der Waals surface area contributed by atoms with Crippen molar-refractivity contribution in [3.8, 4) is 0 Å². The lowest BCUT2D eigenvalue weighted by atomic mass is 9.92. The first-order valence-electron chi connectivity index (χ1n) is 10.6. The van der Waals surface area contributed by atoms with Crippen LogP contribution in [0.2, 0.25) is 0 Å².